The molecule has 0 bridgehead atoms. The first-order chi connectivity index (χ1) is 8.88. The summed E-state index contributed by atoms with van der Waals surface area (Å²) >= 11 is 0. The summed E-state index contributed by atoms with van der Waals surface area (Å²) in [7, 11) is 0. The largest absolute Gasteiger partial charge is 0.303 e. The molecular formula is C15H16N2O. The Labute approximate surface area is 106 Å². The van der Waals surface area contributed by atoms with Crippen LogP contribution in [-0.4, -0.2) is 15.8 Å². The van der Waals surface area contributed by atoms with E-state index in [0.717, 1.165) is 30.4 Å². The molecule has 3 rings (SSSR count). The van der Waals surface area contributed by atoms with Gasteiger partial charge in [-0.1, -0.05) is 12.1 Å². The lowest BCUT2D eigenvalue weighted by Crippen LogP contribution is -2.06. The summed E-state index contributed by atoms with van der Waals surface area (Å²) in [5.74, 6) is 0. The van der Waals surface area contributed by atoms with Crippen molar-refractivity contribution < 1.29 is 4.79 Å². The first kappa shape index (κ1) is 11.2. The zero-order valence-corrected chi connectivity index (χ0v) is 10.3. The Morgan fingerprint density at radius 1 is 1.17 bits per heavy atom. The highest BCUT2D eigenvalue weighted by Crippen LogP contribution is 2.23. The van der Waals surface area contributed by atoms with Crippen LogP contribution in [0.1, 0.15) is 29.8 Å². The molecule has 0 amide bonds. The van der Waals surface area contributed by atoms with E-state index >= 15 is 0 Å². The number of aryl methyl sites for hydroxylation is 1. The van der Waals surface area contributed by atoms with Gasteiger partial charge in [0.25, 0.3) is 0 Å². The monoisotopic (exact) mass is 240 g/mol. The Hall–Kier alpha value is -1.90. The van der Waals surface area contributed by atoms with E-state index in [1.54, 1.807) is 0 Å². The van der Waals surface area contributed by atoms with Crippen LogP contribution in [0.3, 0.4) is 0 Å². The van der Waals surface area contributed by atoms with Gasteiger partial charge >= 0.3 is 0 Å². The second kappa shape index (κ2) is 4.77. The first-order valence-corrected chi connectivity index (χ1v) is 6.46. The zero-order chi connectivity index (χ0) is 12.4. The van der Waals surface area contributed by atoms with Gasteiger partial charge in [0.1, 0.15) is 6.29 Å². The molecular weight excluding hydrogens is 224 g/mol. The van der Waals surface area contributed by atoms with Crippen LogP contribution in [0.25, 0.3) is 5.69 Å². The van der Waals surface area contributed by atoms with Crippen LogP contribution in [0.2, 0.25) is 0 Å². The van der Waals surface area contributed by atoms with Gasteiger partial charge in [0.15, 0.2) is 0 Å². The van der Waals surface area contributed by atoms with Crippen molar-refractivity contribution in [2.24, 2.45) is 0 Å². The third kappa shape index (κ3) is 1.96. The van der Waals surface area contributed by atoms with Crippen molar-refractivity contribution in [2.75, 3.05) is 0 Å². The molecule has 1 aliphatic carbocycles. The summed E-state index contributed by atoms with van der Waals surface area (Å²) < 4.78 is 2.18. The van der Waals surface area contributed by atoms with Gasteiger partial charge in [-0.05, 0) is 43.4 Å². The summed E-state index contributed by atoms with van der Waals surface area (Å²) in [6.07, 6.45) is 8.07. The quantitative estimate of drug-likeness (QED) is 0.773. The molecule has 0 radical (unpaired) electrons. The number of fused-ring (bicyclic) bond motifs is 1. The topological polar surface area (TPSA) is 34.9 Å². The Morgan fingerprint density at radius 2 is 1.94 bits per heavy atom. The number of aldehydes is 1. The fraction of sp³-hybridized carbons (Fsp3) is 0.333. The average molecular weight is 240 g/mol. The molecule has 1 aromatic carbocycles. The molecule has 0 N–H and O–H groups in total. The molecule has 2 aromatic rings. The number of hydrogen-bond donors (Lipinski definition) is 0. The van der Waals surface area contributed by atoms with Crippen molar-refractivity contribution in [3.05, 3.63) is 47.5 Å². The van der Waals surface area contributed by atoms with Crippen molar-refractivity contribution in [1.29, 1.82) is 0 Å². The molecule has 18 heavy (non-hydrogen) atoms. The van der Waals surface area contributed by atoms with Gasteiger partial charge in [-0.3, -0.25) is 0 Å². The fourth-order valence-corrected chi connectivity index (χ4v) is 2.58. The molecule has 0 fully saturated rings. The fourth-order valence-electron chi connectivity index (χ4n) is 2.58. The van der Waals surface area contributed by atoms with Crippen LogP contribution < -0.4 is 0 Å². The third-order valence-corrected chi connectivity index (χ3v) is 3.56. The van der Waals surface area contributed by atoms with Crippen molar-refractivity contribution in [2.45, 2.75) is 32.1 Å². The van der Waals surface area contributed by atoms with Gasteiger partial charge in [-0.15, -0.1) is 0 Å². The number of imidazole rings is 1. The van der Waals surface area contributed by atoms with Gasteiger partial charge in [0.2, 0.25) is 0 Å². The molecule has 3 nitrogen and oxygen atoms in total. The van der Waals surface area contributed by atoms with Crippen LogP contribution in [0.5, 0.6) is 0 Å². The minimum atomic E-state index is 0.488. The molecule has 1 aliphatic rings. The predicted molar refractivity (Wildman–Crippen MR) is 70.0 cm³/mol. The molecule has 0 saturated heterocycles. The normalized spacial score (nSPS) is 14.2. The molecule has 1 aromatic heterocycles. The second-order valence-corrected chi connectivity index (χ2v) is 4.75. The maximum atomic E-state index is 10.5. The molecule has 0 atom stereocenters. The SMILES string of the molecule is O=CCc1ccc(-n2cnc3c2CCCC3)cc1. The highest BCUT2D eigenvalue weighted by atomic mass is 16.1. The van der Waals surface area contributed by atoms with Gasteiger partial charge < -0.3 is 9.36 Å². The number of carbonyl (C=O) groups is 1. The van der Waals surface area contributed by atoms with E-state index in [0.29, 0.717) is 6.42 Å². The Kier molecular flexibility index (Phi) is 2.97. The van der Waals surface area contributed by atoms with Gasteiger partial charge in [0, 0.05) is 17.8 Å². The van der Waals surface area contributed by atoms with E-state index in [-0.39, 0.29) is 0 Å². The Balaban J connectivity index is 1.94. The number of carbonyl (C=O) groups excluding carboxylic acids is 1. The number of nitrogens with zero attached hydrogens (tertiary/aromatic N) is 2. The molecule has 0 saturated carbocycles. The summed E-state index contributed by atoms with van der Waals surface area (Å²) in [5.41, 5.74) is 4.80. The van der Waals surface area contributed by atoms with E-state index in [1.165, 1.54) is 24.2 Å². The van der Waals surface area contributed by atoms with Gasteiger partial charge in [0.05, 0.1) is 12.0 Å². The van der Waals surface area contributed by atoms with E-state index in [9.17, 15) is 4.79 Å². The molecule has 92 valence electrons. The lowest BCUT2D eigenvalue weighted by Gasteiger charge is -2.14. The smallest absolute Gasteiger partial charge is 0.124 e. The van der Waals surface area contributed by atoms with Gasteiger partial charge in [-0.25, -0.2) is 4.98 Å². The van der Waals surface area contributed by atoms with Crippen molar-refractivity contribution in [3.63, 3.8) is 0 Å². The molecule has 3 heteroatoms. The van der Waals surface area contributed by atoms with Crippen LogP contribution in [0, 0.1) is 0 Å². The summed E-state index contributed by atoms with van der Waals surface area (Å²) in [4.78, 5) is 15.0. The van der Waals surface area contributed by atoms with Crippen molar-refractivity contribution >= 4 is 6.29 Å². The van der Waals surface area contributed by atoms with Crippen LogP contribution >= 0.6 is 0 Å². The van der Waals surface area contributed by atoms with Crippen LogP contribution in [0.4, 0.5) is 0 Å². The van der Waals surface area contributed by atoms with Crippen molar-refractivity contribution in [1.82, 2.24) is 9.55 Å². The highest BCUT2D eigenvalue weighted by molar-refractivity contribution is 5.55. The number of benzene rings is 1. The van der Waals surface area contributed by atoms with Crippen molar-refractivity contribution in [3.8, 4) is 5.69 Å². The number of hydrogen-bond acceptors (Lipinski definition) is 2. The van der Waals surface area contributed by atoms with E-state index < -0.39 is 0 Å². The lowest BCUT2D eigenvalue weighted by atomic mass is 10.0. The lowest BCUT2D eigenvalue weighted by molar-refractivity contribution is -0.107. The van der Waals surface area contributed by atoms with E-state index in [4.69, 9.17) is 0 Å². The maximum absolute atomic E-state index is 10.5. The van der Waals surface area contributed by atoms with Gasteiger partial charge in [-0.2, -0.15) is 0 Å². The molecule has 0 aliphatic heterocycles. The molecule has 1 heterocycles. The predicted octanol–water partition coefficient (Wildman–Crippen LogP) is 2.49. The zero-order valence-electron chi connectivity index (χ0n) is 10.3. The Bertz CT molecular complexity index is 554. The molecule has 0 unspecified atom stereocenters. The summed E-state index contributed by atoms with van der Waals surface area (Å²) in [5, 5.41) is 0. The minimum absolute atomic E-state index is 0.488. The standard InChI is InChI=1S/C15H16N2O/c18-10-9-12-5-7-13(8-6-12)17-11-16-14-3-1-2-4-15(14)17/h5-8,10-11H,1-4,9H2. The highest BCUT2D eigenvalue weighted by Gasteiger charge is 2.15. The van der Waals surface area contributed by atoms with Crippen LogP contribution in [0.15, 0.2) is 30.6 Å². The Morgan fingerprint density at radius 3 is 2.72 bits per heavy atom. The van der Waals surface area contributed by atoms with E-state index in [1.807, 2.05) is 18.5 Å². The second-order valence-electron chi connectivity index (χ2n) is 4.75. The molecule has 0 spiro atoms. The minimum Gasteiger partial charge on any atom is -0.303 e. The summed E-state index contributed by atoms with van der Waals surface area (Å²) in [6.45, 7) is 0. The van der Waals surface area contributed by atoms with Crippen LogP contribution in [-0.2, 0) is 24.1 Å². The summed E-state index contributed by atoms with van der Waals surface area (Å²) in [6, 6.07) is 8.16. The number of rotatable bonds is 3. The first-order valence-electron chi connectivity index (χ1n) is 6.46. The van der Waals surface area contributed by atoms with E-state index in [2.05, 4.69) is 21.7 Å². The third-order valence-electron chi connectivity index (χ3n) is 3.56. The number of aromatic nitrogens is 2. The average Bonchev–Trinajstić information content (AvgIpc) is 2.84. The maximum Gasteiger partial charge on any atom is 0.124 e.